The lowest BCUT2D eigenvalue weighted by Crippen LogP contribution is -2.54. The van der Waals surface area contributed by atoms with Crippen molar-refractivity contribution in [3.05, 3.63) is 0 Å². The molecule has 44 heavy (non-hydrogen) atoms. The second kappa shape index (κ2) is 13.7. The van der Waals surface area contributed by atoms with Crippen LogP contribution in [0.2, 0.25) is 36.3 Å². The molecule has 4 nitrogen and oxygen atoms in total. The number of hydrogen-bond donors (Lipinski definition) is 0. The number of ether oxygens (including phenoxy) is 1. The first-order chi connectivity index (χ1) is 20.0. The van der Waals surface area contributed by atoms with Gasteiger partial charge in [0.15, 0.2) is 16.6 Å². The Kier molecular flexibility index (Phi) is 12.0. The molecular weight excluding hydrogens is 577 g/mol. The summed E-state index contributed by atoms with van der Waals surface area (Å²) in [5.41, 5.74) is 0.602. The molecule has 3 fully saturated rings. The van der Waals surface area contributed by atoms with Crippen molar-refractivity contribution in [2.75, 3.05) is 20.3 Å². The maximum Gasteiger partial charge on any atom is 0.305 e. The Hall–Kier alpha value is -0.176. The molecule has 3 aliphatic rings. The van der Waals surface area contributed by atoms with Crippen molar-refractivity contribution in [1.29, 1.82) is 0 Å². The number of fused-ring (bicyclic) bond motifs is 1. The highest BCUT2D eigenvalue weighted by Gasteiger charge is 2.59. The summed E-state index contributed by atoms with van der Waals surface area (Å²) in [7, 11) is -2.20. The van der Waals surface area contributed by atoms with E-state index in [2.05, 4.69) is 95.4 Å². The van der Waals surface area contributed by atoms with Gasteiger partial charge in [0.2, 0.25) is 0 Å². The molecule has 3 aliphatic carbocycles. The Balaban J connectivity index is 1.95. The van der Waals surface area contributed by atoms with Crippen LogP contribution in [0.5, 0.6) is 0 Å². The fourth-order valence-electron chi connectivity index (χ4n) is 9.39. The van der Waals surface area contributed by atoms with Crippen molar-refractivity contribution in [1.82, 2.24) is 0 Å². The predicted molar refractivity (Wildman–Crippen MR) is 192 cm³/mol. The lowest BCUT2D eigenvalue weighted by atomic mass is 9.48. The van der Waals surface area contributed by atoms with Crippen molar-refractivity contribution in [2.24, 2.45) is 52.3 Å². The molecule has 0 radical (unpaired) electrons. The van der Waals surface area contributed by atoms with Crippen molar-refractivity contribution < 1.29 is 18.4 Å². The summed E-state index contributed by atoms with van der Waals surface area (Å²) < 4.78 is 19.3. The van der Waals surface area contributed by atoms with E-state index in [0.29, 0.717) is 47.3 Å². The van der Waals surface area contributed by atoms with Gasteiger partial charge in [-0.1, -0.05) is 75.7 Å². The number of esters is 1. The smallest absolute Gasteiger partial charge is 0.305 e. The van der Waals surface area contributed by atoms with Crippen LogP contribution in [0.25, 0.3) is 0 Å². The summed E-state index contributed by atoms with van der Waals surface area (Å²) in [6.07, 6.45) is 10.7. The van der Waals surface area contributed by atoms with Crippen LogP contribution in [0.1, 0.15) is 127 Å². The van der Waals surface area contributed by atoms with Gasteiger partial charge in [-0.05, 0) is 133 Å². The van der Waals surface area contributed by atoms with E-state index < -0.39 is 16.6 Å². The SMILES string of the molecule is COC(=O)CC[C@@H](C)[C@H]1CCC2[C@H](CO[Si](C)(C)C(C)(C)C)C([C@@]3(C)CC[C@H](C)C[C@@H]3CO[Si](C)(C)C(C)(C)C)CC[C@@]21C. The van der Waals surface area contributed by atoms with E-state index in [-0.39, 0.29) is 21.5 Å². The van der Waals surface area contributed by atoms with Crippen LogP contribution < -0.4 is 0 Å². The minimum absolute atomic E-state index is 0.0636. The van der Waals surface area contributed by atoms with Crippen LogP contribution >= 0.6 is 0 Å². The predicted octanol–water partition coefficient (Wildman–Crippen LogP) is 11.1. The third kappa shape index (κ3) is 7.92. The van der Waals surface area contributed by atoms with Gasteiger partial charge in [0.1, 0.15) is 0 Å². The van der Waals surface area contributed by atoms with Crippen LogP contribution in [0.3, 0.4) is 0 Å². The second-order valence-electron chi connectivity index (χ2n) is 19.4. The van der Waals surface area contributed by atoms with Crippen LogP contribution in [0.15, 0.2) is 0 Å². The molecule has 0 aliphatic heterocycles. The van der Waals surface area contributed by atoms with Gasteiger partial charge in [0.25, 0.3) is 0 Å². The standard InChI is InChI=1S/C38H74O4Si2/c1-27-20-22-37(9,29(24-27)25-41-43(12,13)35(3,4)5)33-21-23-38(10)31(28(2)16-19-34(39)40-11)17-18-32(38)30(33)26-42-44(14,15)36(6,7)8/h27-33H,16-26H2,1-15H3/t27-,28+,29+,30-,31+,32?,33?,37-,38+/m0/s1. The van der Waals surface area contributed by atoms with Crippen molar-refractivity contribution in [2.45, 2.75) is 163 Å². The molecule has 3 rings (SSSR count). The molecule has 0 heterocycles. The molecule has 0 spiro atoms. The molecule has 2 unspecified atom stereocenters. The van der Waals surface area contributed by atoms with Crippen molar-refractivity contribution >= 4 is 22.6 Å². The Labute approximate surface area is 276 Å². The van der Waals surface area contributed by atoms with Crippen molar-refractivity contribution in [3.63, 3.8) is 0 Å². The fourth-order valence-corrected chi connectivity index (χ4v) is 11.5. The average Bonchev–Trinajstić information content (AvgIpc) is 3.26. The van der Waals surface area contributed by atoms with Crippen LogP contribution in [0.4, 0.5) is 0 Å². The number of rotatable bonds is 11. The molecule has 0 aromatic heterocycles. The quantitative estimate of drug-likeness (QED) is 0.165. The fraction of sp³-hybridized carbons (Fsp3) is 0.974. The van der Waals surface area contributed by atoms with E-state index >= 15 is 0 Å². The van der Waals surface area contributed by atoms with Gasteiger partial charge in [-0.3, -0.25) is 4.79 Å². The number of carbonyl (C=O) groups is 1. The number of methoxy groups -OCH3 is 1. The Bertz CT molecular complexity index is 965. The highest BCUT2D eigenvalue weighted by molar-refractivity contribution is 6.74. The average molecular weight is 651 g/mol. The summed E-state index contributed by atoms with van der Waals surface area (Å²) >= 11 is 0. The highest BCUT2D eigenvalue weighted by atomic mass is 28.4. The zero-order valence-electron chi connectivity index (χ0n) is 32.0. The van der Waals surface area contributed by atoms with Crippen LogP contribution in [-0.2, 0) is 18.4 Å². The van der Waals surface area contributed by atoms with Crippen molar-refractivity contribution in [3.8, 4) is 0 Å². The normalized spacial score (nSPS) is 36.2. The number of hydrogen-bond acceptors (Lipinski definition) is 4. The molecule has 0 amide bonds. The summed E-state index contributed by atoms with van der Waals surface area (Å²) in [6, 6.07) is 0. The molecule has 0 bridgehead atoms. The van der Waals surface area contributed by atoms with Gasteiger partial charge in [0.05, 0.1) is 7.11 Å². The molecule has 9 atom stereocenters. The van der Waals surface area contributed by atoms with Gasteiger partial charge >= 0.3 is 5.97 Å². The largest absolute Gasteiger partial charge is 0.469 e. The molecule has 6 heteroatoms. The van der Waals surface area contributed by atoms with Gasteiger partial charge < -0.3 is 13.6 Å². The van der Waals surface area contributed by atoms with Gasteiger partial charge in [-0.15, -0.1) is 0 Å². The summed E-state index contributed by atoms with van der Waals surface area (Å²) in [5, 5.41) is 0.449. The summed E-state index contributed by atoms with van der Waals surface area (Å²) in [4.78, 5) is 12.0. The molecule has 3 saturated carbocycles. The summed E-state index contributed by atoms with van der Waals surface area (Å²) in [5.74, 6) is 4.50. The molecular formula is C38H74O4Si2. The molecule has 0 aromatic rings. The second-order valence-corrected chi connectivity index (χ2v) is 29.0. The van der Waals surface area contributed by atoms with E-state index in [1.54, 1.807) is 0 Å². The van der Waals surface area contributed by atoms with Crippen LogP contribution in [0, 0.1) is 52.3 Å². The molecule has 258 valence electrons. The van der Waals surface area contributed by atoms with E-state index in [0.717, 1.165) is 25.6 Å². The third-order valence-corrected chi connectivity index (χ3v) is 23.8. The lowest BCUT2D eigenvalue weighted by molar-refractivity contribution is -0.141. The zero-order valence-corrected chi connectivity index (χ0v) is 34.0. The number of carbonyl (C=O) groups excluding carboxylic acids is 1. The Morgan fingerprint density at radius 1 is 0.818 bits per heavy atom. The molecule has 0 saturated heterocycles. The minimum Gasteiger partial charge on any atom is -0.469 e. The summed E-state index contributed by atoms with van der Waals surface area (Å²) in [6.45, 7) is 36.1. The highest BCUT2D eigenvalue weighted by Crippen LogP contribution is 2.66. The zero-order chi connectivity index (χ0) is 33.5. The lowest BCUT2D eigenvalue weighted by Gasteiger charge is -2.58. The minimum atomic E-state index is -1.89. The molecule has 0 aromatic carbocycles. The molecule has 0 N–H and O–H groups in total. The van der Waals surface area contributed by atoms with Crippen LogP contribution in [-0.4, -0.2) is 42.9 Å². The van der Waals surface area contributed by atoms with Gasteiger partial charge in [-0.25, -0.2) is 0 Å². The Morgan fingerprint density at radius 3 is 1.89 bits per heavy atom. The maximum absolute atomic E-state index is 12.0. The van der Waals surface area contributed by atoms with E-state index in [9.17, 15) is 4.79 Å². The van der Waals surface area contributed by atoms with E-state index in [4.69, 9.17) is 13.6 Å². The Morgan fingerprint density at radius 2 is 1.34 bits per heavy atom. The third-order valence-electron chi connectivity index (χ3n) is 14.8. The topological polar surface area (TPSA) is 44.8 Å². The maximum atomic E-state index is 12.0. The van der Waals surface area contributed by atoms with E-state index in [1.165, 1.54) is 52.1 Å². The first-order valence-corrected chi connectivity index (χ1v) is 24.2. The van der Waals surface area contributed by atoms with Gasteiger partial charge in [-0.2, -0.15) is 0 Å². The van der Waals surface area contributed by atoms with Gasteiger partial charge in [0, 0.05) is 19.6 Å². The first-order valence-electron chi connectivity index (χ1n) is 18.3. The first kappa shape index (κ1) is 38.3. The monoisotopic (exact) mass is 651 g/mol. The van der Waals surface area contributed by atoms with E-state index in [1.807, 2.05) is 0 Å².